The molecule has 1 aromatic rings. The van der Waals surface area contributed by atoms with E-state index in [1.165, 1.54) is 0 Å². The molecule has 1 heterocycles. The Morgan fingerprint density at radius 1 is 1.53 bits per heavy atom. The van der Waals surface area contributed by atoms with Crippen molar-refractivity contribution in [3.05, 3.63) is 17.8 Å². The van der Waals surface area contributed by atoms with Gasteiger partial charge >= 0.3 is 0 Å². The van der Waals surface area contributed by atoms with E-state index in [-0.39, 0.29) is 12.5 Å². The van der Waals surface area contributed by atoms with Crippen LogP contribution in [0.15, 0.2) is 12.1 Å². The van der Waals surface area contributed by atoms with Gasteiger partial charge < -0.3 is 16.4 Å². The summed E-state index contributed by atoms with van der Waals surface area (Å²) in [5.41, 5.74) is 7.03. The molecule has 0 spiro atoms. The van der Waals surface area contributed by atoms with Crippen LogP contribution in [0.2, 0.25) is 0 Å². The molecule has 0 bridgehead atoms. The summed E-state index contributed by atoms with van der Waals surface area (Å²) in [4.78, 5) is 15.3. The van der Waals surface area contributed by atoms with E-state index < -0.39 is 0 Å². The molecule has 0 saturated carbocycles. The van der Waals surface area contributed by atoms with Crippen molar-refractivity contribution in [1.82, 2.24) is 10.3 Å². The average molecular weight is 208 g/mol. The maximum Gasteiger partial charge on any atom is 0.239 e. The maximum absolute atomic E-state index is 11.1. The van der Waals surface area contributed by atoms with Crippen LogP contribution in [0.1, 0.15) is 12.6 Å². The van der Waals surface area contributed by atoms with E-state index >= 15 is 0 Å². The van der Waals surface area contributed by atoms with Gasteiger partial charge in [-0.1, -0.05) is 0 Å². The molecule has 1 aromatic heterocycles. The third-order valence-electron chi connectivity index (χ3n) is 1.93. The number of likely N-dealkylation sites (N-methyl/N-ethyl adjacent to an activating group) is 1. The summed E-state index contributed by atoms with van der Waals surface area (Å²) in [5.74, 6) is 0.613. The molecule has 4 N–H and O–H groups in total. The molecule has 0 aromatic carbocycles. The highest BCUT2D eigenvalue weighted by Gasteiger charge is 2.01. The zero-order valence-electron chi connectivity index (χ0n) is 9.00. The normalized spacial score (nSPS) is 9.73. The highest BCUT2D eigenvalue weighted by Crippen LogP contribution is 2.11. The van der Waals surface area contributed by atoms with Gasteiger partial charge in [-0.05, 0) is 26.0 Å². The van der Waals surface area contributed by atoms with Crippen LogP contribution in [0.5, 0.6) is 0 Å². The third-order valence-corrected chi connectivity index (χ3v) is 1.93. The molecule has 0 atom stereocenters. The lowest BCUT2D eigenvalue weighted by Gasteiger charge is -2.07. The van der Waals surface area contributed by atoms with E-state index in [0.717, 1.165) is 5.69 Å². The number of amides is 1. The Balaban J connectivity index is 2.51. The molecular formula is C10H16N4O. The fraction of sp³-hybridized carbons (Fsp3) is 0.400. The first kappa shape index (κ1) is 11.3. The van der Waals surface area contributed by atoms with Crippen LogP contribution >= 0.6 is 0 Å². The second kappa shape index (κ2) is 5.19. The van der Waals surface area contributed by atoms with Crippen molar-refractivity contribution < 1.29 is 4.79 Å². The first-order chi connectivity index (χ1) is 7.13. The van der Waals surface area contributed by atoms with Gasteiger partial charge in [-0.25, -0.2) is 4.98 Å². The summed E-state index contributed by atoms with van der Waals surface area (Å²) in [6.45, 7) is 4.56. The molecule has 0 aliphatic rings. The number of hydrogen-bond donors (Lipinski definition) is 3. The number of carbonyl (C=O) groups excluding carboxylic acids is 1. The number of aromatic nitrogens is 1. The highest BCUT2D eigenvalue weighted by molar-refractivity contribution is 5.80. The lowest BCUT2D eigenvalue weighted by atomic mass is 10.3. The predicted molar refractivity (Wildman–Crippen MR) is 60.6 cm³/mol. The SMILES string of the molecule is CCNC(=O)CNc1ccc(N)c(C)n1. The minimum absolute atomic E-state index is 0.0474. The van der Waals surface area contributed by atoms with Crippen molar-refractivity contribution in [2.24, 2.45) is 0 Å². The number of nitrogens with two attached hydrogens (primary N) is 1. The fourth-order valence-corrected chi connectivity index (χ4v) is 1.10. The lowest BCUT2D eigenvalue weighted by Crippen LogP contribution is -2.29. The number of hydrogen-bond acceptors (Lipinski definition) is 4. The molecule has 5 heteroatoms. The molecule has 82 valence electrons. The van der Waals surface area contributed by atoms with Gasteiger partial charge in [-0.2, -0.15) is 0 Å². The molecular weight excluding hydrogens is 192 g/mol. The van der Waals surface area contributed by atoms with Gasteiger partial charge in [-0.3, -0.25) is 4.79 Å². The maximum atomic E-state index is 11.1. The molecule has 0 unspecified atom stereocenters. The quantitative estimate of drug-likeness (QED) is 0.674. The van der Waals surface area contributed by atoms with Crippen molar-refractivity contribution in [3.8, 4) is 0 Å². The van der Waals surface area contributed by atoms with Gasteiger partial charge in [0.15, 0.2) is 0 Å². The number of anilines is 2. The standard InChI is InChI=1S/C10H16N4O/c1-3-12-10(15)6-13-9-5-4-8(11)7(2)14-9/h4-5H,3,6,11H2,1-2H3,(H,12,15)(H,13,14). The molecule has 0 saturated heterocycles. The van der Waals surface area contributed by atoms with E-state index in [2.05, 4.69) is 15.6 Å². The molecule has 0 fully saturated rings. The monoisotopic (exact) mass is 208 g/mol. The Kier molecular flexibility index (Phi) is 3.91. The van der Waals surface area contributed by atoms with E-state index in [4.69, 9.17) is 5.73 Å². The third kappa shape index (κ3) is 3.46. The van der Waals surface area contributed by atoms with Crippen LogP contribution < -0.4 is 16.4 Å². The number of pyridine rings is 1. The van der Waals surface area contributed by atoms with Gasteiger partial charge in [0.1, 0.15) is 5.82 Å². The summed E-state index contributed by atoms with van der Waals surface area (Å²) >= 11 is 0. The van der Waals surface area contributed by atoms with Crippen LogP contribution in [-0.4, -0.2) is 24.0 Å². The summed E-state index contributed by atoms with van der Waals surface area (Å²) in [6.07, 6.45) is 0. The minimum Gasteiger partial charge on any atom is -0.397 e. The van der Waals surface area contributed by atoms with Gasteiger partial charge in [-0.15, -0.1) is 0 Å². The second-order valence-corrected chi connectivity index (χ2v) is 3.18. The van der Waals surface area contributed by atoms with Crippen LogP contribution in [-0.2, 0) is 4.79 Å². The van der Waals surface area contributed by atoms with Crippen molar-refractivity contribution >= 4 is 17.4 Å². The largest absolute Gasteiger partial charge is 0.397 e. The first-order valence-electron chi connectivity index (χ1n) is 4.87. The van der Waals surface area contributed by atoms with Crippen LogP contribution in [0.4, 0.5) is 11.5 Å². The van der Waals surface area contributed by atoms with E-state index in [1.54, 1.807) is 12.1 Å². The van der Waals surface area contributed by atoms with Gasteiger partial charge in [0.05, 0.1) is 17.9 Å². The zero-order chi connectivity index (χ0) is 11.3. The van der Waals surface area contributed by atoms with Gasteiger partial charge in [0.25, 0.3) is 0 Å². The lowest BCUT2D eigenvalue weighted by molar-refractivity contribution is -0.119. The summed E-state index contributed by atoms with van der Waals surface area (Å²) in [5, 5.41) is 5.61. The number of carbonyl (C=O) groups is 1. The Labute approximate surface area is 89.1 Å². The number of aryl methyl sites for hydroxylation is 1. The summed E-state index contributed by atoms with van der Waals surface area (Å²) in [7, 11) is 0. The van der Waals surface area contributed by atoms with Crippen LogP contribution in [0.25, 0.3) is 0 Å². The molecule has 0 aliphatic heterocycles. The molecule has 5 nitrogen and oxygen atoms in total. The Hall–Kier alpha value is -1.78. The fourth-order valence-electron chi connectivity index (χ4n) is 1.10. The number of nitrogens with one attached hydrogen (secondary N) is 2. The van der Waals surface area contributed by atoms with Gasteiger partial charge in [0, 0.05) is 6.54 Å². The van der Waals surface area contributed by atoms with Crippen molar-refractivity contribution in [2.45, 2.75) is 13.8 Å². The Morgan fingerprint density at radius 3 is 2.87 bits per heavy atom. The highest BCUT2D eigenvalue weighted by atomic mass is 16.1. The minimum atomic E-state index is -0.0474. The summed E-state index contributed by atoms with van der Waals surface area (Å²) < 4.78 is 0. The molecule has 0 aliphatic carbocycles. The number of rotatable bonds is 4. The molecule has 1 amide bonds. The van der Waals surface area contributed by atoms with E-state index in [9.17, 15) is 4.79 Å². The van der Waals surface area contributed by atoms with E-state index in [0.29, 0.717) is 18.1 Å². The molecule has 15 heavy (non-hydrogen) atoms. The summed E-state index contributed by atoms with van der Waals surface area (Å²) in [6, 6.07) is 3.52. The first-order valence-corrected chi connectivity index (χ1v) is 4.87. The van der Waals surface area contributed by atoms with Crippen molar-refractivity contribution in [3.63, 3.8) is 0 Å². The Bertz CT molecular complexity index is 351. The van der Waals surface area contributed by atoms with Crippen molar-refractivity contribution in [1.29, 1.82) is 0 Å². The Morgan fingerprint density at radius 2 is 2.27 bits per heavy atom. The van der Waals surface area contributed by atoms with Gasteiger partial charge in [0.2, 0.25) is 5.91 Å². The number of nitrogens with zero attached hydrogens (tertiary/aromatic N) is 1. The average Bonchev–Trinajstić information content (AvgIpc) is 2.20. The zero-order valence-corrected chi connectivity index (χ0v) is 9.00. The topological polar surface area (TPSA) is 80.0 Å². The molecule has 1 rings (SSSR count). The number of nitrogen functional groups attached to an aromatic ring is 1. The van der Waals surface area contributed by atoms with Crippen molar-refractivity contribution in [2.75, 3.05) is 24.1 Å². The van der Waals surface area contributed by atoms with Crippen LogP contribution in [0.3, 0.4) is 0 Å². The van der Waals surface area contributed by atoms with Crippen LogP contribution in [0, 0.1) is 6.92 Å². The molecule has 0 radical (unpaired) electrons. The smallest absolute Gasteiger partial charge is 0.239 e. The predicted octanol–water partition coefficient (Wildman–Crippen LogP) is 0.520. The van der Waals surface area contributed by atoms with E-state index in [1.807, 2.05) is 13.8 Å². The second-order valence-electron chi connectivity index (χ2n) is 3.18.